The standard InChI is InChI=1S/C13H23N3O/c1-8-9(12(2,3)4)10(11(14)17)15-16(8)13(5,6)7/h1-7H3,(H2,14,17). The lowest BCUT2D eigenvalue weighted by Gasteiger charge is -2.24. The molecular weight excluding hydrogens is 214 g/mol. The molecule has 1 heterocycles. The quantitative estimate of drug-likeness (QED) is 0.815. The Hall–Kier alpha value is -1.32. The molecule has 1 amide bonds. The van der Waals surface area contributed by atoms with E-state index in [0.717, 1.165) is 11.3 Å². The van der Waals surface area contributed by atoms with Gasteiger partial charge < -0.3 is 5.73 Å². The molecule has 0 aliphatic heterocycles. The van der Waals surface area contributed by atoms with Crippen LogP contribution in [0.15, 0.2) is 0 Å². The van der Waals surface area contributed by atoms with Gasteiger partial charge in [0, 0.05) is 11.3 Å². The number of carbonyl (C=O) groups is 1. The summed E-state index contributed by atoms with van der Waals surface area (Å²) in [6.45, 7) is 14.4. The lowest BCUT2D eigenvalue weighted by Crippen LogP contribution is -2.25. The molecule has 0 saturated heterocycles. The summed E-state index contributed by atoms with van der Waals surface area (Å²) in [6, 6.07) is 0. The maximum Gasteiger partial charge on any atom is 0.269 e. The maximum absolute atomic E-state index is 11.5. The fraction of sp³-hybridized carbons (Fsp3) is 0.692. The van der Waals surface area contributed by atoms with Gasteiger partial charge in [-0.15, -0.1) is 0 Å². The van der Waals surface area contributed by atoms with Gasteiger partial charge in [0.1, 0.15) is 0 Å². The normalized spacial score (nSPS) is 12.9. The second-order valence-corrected chi connectivity index (χ2v) is 6.51. The molecule has 1 aromatic rings. The summed E-state index contributed by atoms with van der Waals surface area (Å²) in [5, 5.41) is 4.39. The van der Waals surface area contributed by atoms with E-state index in [9.17, 15) is 4.79 Å². The molecule has 0 spiro atoms. The Morgan fingerprint density at radius 1 is 1.18 bits per heavy atom. The van der Waals surface area contributed by atoms with E-state index in [0.29, 0.717) is 5.69 Å². The van der Waals surface area contributed by atoms with Crippen LogP contribution in [-0.2, 0) is 11.0 Å². The molecule has 2 N–H and O–H groups in total. The summed E-state index contributed by atoms with van der Waals surface area (Å²) >= 11 is 0. The molecule has 0 unspecified atom stereocenters. The topological polar surface area (TPSA) is 60.9 Å². The lowest BCUT2D eigenvalue weighted by molar-refractivity contribution is 0.0992. The zero-order chi connectivity index (χ0) is 13.6. The zero-order valence-corrected chi connectivity index (χ0v) is 11.9. The Balaban J connectivity index is 3.59. The smallest absolute Gasteiger partial charge is 0.269 e. The molecule has 0 atom stereocenters. The van der Waals surface area contributed by atoms with E-state index in [1.54, 1.807) is 0 Å². The van der Waals surface area contributed by atoms with Crippen LogP contribution >= 0.6 is 0 Å². The molecule has 1 rings (SSSR count). The first kappa shape index (κ1) is 13.7. The number of primary amides is 1. The highest BCUT2D eigenvalue weighted by molar-refractivity contribution is 5.93. The molecule has 4 nitrogen and oxygen atoms in total. The second kappa shape index (κ2) is 3.86. The predicted molar refractivity (Wildman–Crippen MR) is 69.2 cm³/mol. The molecule has 0 saturated carbocycles. The van der Waals surface area contributed by atoms with Crippen LogP contribution in [0.3, 0.4) is 0 Å². The van der Waals surface area contributed by atoms with Crippen LogP contribution in [-0.4, -0.2) is 15.7 Å². The number of hydrogen-bond acceptors (Lipinski definition) is 2. The molecule has 96 valence electrons. The molecule has 1 aromatic heterocycles. The van der Waals surface area contributed by atoms with E-state index in [1.807, 2.05) is 11.6 Å². The van der Waals surface area contributed by atoms with Gasteiger partial charge >= 0.3 is 0 Å². The van der Waals surface area contributed by atoms with Crippen molar-refractivity contribution in [2.45, 2.75) is 59.4 Å². The Labute approximate surface area is 103 Å². The minimum absolute atomic E-state index is 0.141. The number of hydrogen-bond donors (Lipinski definition) is 1. The summed E-state index contributed by atoms with van der Waals surface area (Å²) in [4.78, 5) is 11.5. The first-order valence-electron chi connectivity index (χ1n) is 5.86. The zero-order valence-electron chi connectivity index (χ0n) is 11.9. The van der Waals surface area contributed by atoms with E-state index in [2.05, 4.69) is 46.6 Å². The Bertz CT molecular complexity index is 444. The molecule has 0 bridgehead atoms. The van der Waals surface area contributed by atoms with Gasteiger partial charge in [-0.2, -0.15) is 5.10 Å². The SMILES string of the molecule is Cc1c(C(C)(C)C)c(C(N)=O)nn1C(C)(C)C. The third-order valence-electron chi connectivity index (χ3n) is 2.74. The van der Waals surface area contributed by atoms with Gasteiger partial charge in [-0.25, -0.2) is 0 Å². The molecule has 0 aliphatic carbocycles. The summed E-state index contributed by atoms with van der Waals surface area (Å²) in [7, 11) is 0. The van der Waals surface area contributed by atoms with Crippen molar-refractivity contribution in [1.29, 1.82) is 0 Å². The van der Waals surface area contributed by atoms with Gasteiger partial charge in [0.05, 0.1) is 5.54 Å². The fourth-order valence-corrected chi connectivity index (χ4v) is 2.23. The van der Waals surface area contributed by atoms with Crippen molar-refractivity contribution >= 4 is 5.91 Å². The van der Waals surface area contributed by atoms with Crippen LogP contribution in [0, 0.1) is 6.92 Å². The summed E-state index contributed by atoms with van der Waals surface area (Å²) in [6.07, 6.45) is 0. The van der Waals surface area contributed by atoms with E-state index in [-0.39, 0.29) is 11.0 Å². The van der Waals surface area contributed by atoms with Crippen LogP contribution in [0.1, 0.15) is 63.3 Å². The van der Waals surface area contributed by atoms with Crippen molar-refractivity contribution in [2.24, 2.45) is 5.73 Å². The van der Waals surface area contributed by atoms with Crippen LogP contribution in [0.25, 0.3) is 0 Å². The molecule has 0 radical (unpaired) electrons. The van der Waals surface area contributed by atoms with Crippen LogP contribution < -0.4 is 5.73 Å². The summed E-state index contributed by atoms with van der Waals surface area (Å²) < 4.78 is 1.88. The van der Waals surface area contributed by atoms with Crippen molar-refractivity contribution in [3.8, 4) is 0 Å². The van der Waals surface area contributed by atoms with Gasteiger partial charge in [-0.3, -0.25) is 9.48 Å². The first-order chi connectivity index (χ1) is 7.46. The van der Waals surface area contributed by atoms with E-state index in [4.69, 9.17) is 5.73 Å². The van der Waals surface area contributed by atoms with Gasteiger partial charge in [0.2, 0.25) is 0 Å². The van der Waals surface area contributed by atoms with E-state index < -0.39 is 5.91 Å². The van der Waals surface area contributed by atoms with Crippen LogP contribution in [0.2, 0.25) is 0 Å². The number of aromatic nitrogens is 2. The Morgan fingerprint density at radius 3 is 1.88 bits per heavy atom. The maximum atomic E-state index is 11.5. The van der Waals surface area contributed by atoms with E-state index >= 15 is 0 Å². The molecule has 0 fully saturated rings. The second-order valence-electron chi connectivity index (χ2n) is 6.51. The predicted octanol–water partition coefficient (Wildman–Crippen LogP) is 2.34. The fourth-order valence-electron chi connectivity index (χ4n) is 2.23. The third-order valence-corrected chi connectivity index (χ3v) is 2.74. The highest BCUT2D eigenvalue weighted by atomic mass is 16.1. The Kier molecular flexibility index (Phi) is 3.12. The summed E-state index contributed by atoms with van der Waals surface area (Å²) in [5.74, 6) is -0.457. The highest BCUT2D eigenvalue weighted by Gasteiger charge is 2.30. The molecule has 0 aromatic carbocycles. The van der Waals surface area contributed by atoms with Gasteiger partial charge in [-0.1, -0.05) is 20.8 Å². The molecule has 0 aliphatic rings. The van der Waals surface area contributed by atoms with Crippen molar-refractivity contribution in [1.82, 2.24) is 9.78 Å². The van der Waals surface area contributed by atoms with Crippen molar-refractivity contribution in [3.05, 3.63) is 17.0 Å². The average molecular weight is 237 g/mol. The number of nitrogens with zero attached hydrogens (tertiary/aromatic N) is 2. The Morgan fingerprint density at radius 2 is 1.65 bits per heavy atom. The minimum Gasteiger partial charge on any atom is -0.364 e. The number of carbonyl (C=O) groups excluding carboxylic acids is 1. The van der Waals surface area contributed by atoms with Crippen molar-refractivity contribution in [2.75, 3.05) is 0 Å². The highest BCUT2D eigenvalue weighted by Crippen LogP contribution is 2.31. The van der Waals surface area contributed by atoms with Gasteiger partial charge in [-0.05, 0) is 33.1 Å². The van der Waals surface area contributed by atoms with E-state index in [1.165, 1.54) is 0 Å². The molecule has 17 heavy (non-hydrogen) atoms. The largest absolute Gasteiger partial charge is 0.364 e. The van der Waals surface area contributed by atoms with Crippen LogP contribution in [0.4, 0.5) is 0 Å². The van der Waals surface area contributed by atoms with Crippen LogP contribution in [0.5, 0.6) is 0 Å². The lowest BCUT2D eigenvalue weighted by atomic mass is 9.85. The summed E-state index contributed by atoms with van der Waals surface area (Å²) in [5.41, 5.74) is 7.48. The van der Waals surface area contributed by atoms with Gasteiger partial charge in [0.25, 0.3) is 5.91 Å². The minimum atomic E-state index is -0.457. The first-order valence-corrected chi connectivity index (χ1v) is 5.86. The van der Waals surface area contributed by atoms with Crippen molar-refractivity contribution in [3.63, 3.8) is 0 Å². The van der Waals surface area contributed by atoms with Crippen molar-refractivity contribution < 1.29 is 4.79 Å². The monoisotopic (exact) mass is 237 g/mol. The number of nitrogens with two attached hydrogens (primary N) is 1. The van der Waals surface area contributed by atoms with Gasteiger partial charge in [0.15, 0.2) is 5.69 Å². The number of amides is 1. The molecular formula is C13H23N3O. The average Bonchev–Trinajstić information content (AvgIpc) is 2.40. The molecule has 4 heteroatoms. The third kappa shape index (κ3) is 2.51. The number of rotatable bonds is 1.